The SMILES string of the molecule is C[C@@H](NC(=O)c1cc(=O)c2ccccc2o1)c1ccncc1. The van der Waals surface area contributed by atoms with Crippen LogP contribution < -0.4 is 10.7 Å². The highest BCUT2D eigenvalue weighted by atomic mass is 16.3. The van der Waals surface area contributed by atoms with E-state index in [4.69, 9.17) is 4.42 Å². The van der Waals surface area contributed by atoms with Gasteiger partial charge in [0.2, 0.25) is 0 Å². The highest BCUT2D eigenvalue weighted by molar-refractivity contribution is 5.93. The molecule has 0 saturated carbocycles. The third-order valence-electron chi connectivity index (χ3n) is 3.41. The number of rotatable bonds is 3. The number of para-hydroxylation sites is 1. The summed E-state index contributed by atoms with van der Waals surface area (Å²) in [6.45, 7) is 1.85. The van der Waals surface area contributed by atoms with E-state index in [9.17, 15) is 9.59 Å². The zero-order chi connectivity index (χ0) is 15.5. The highest BCUT2D eigenvalue weighted by Crippen LogP contribution is 2.14. The zero-order valence-corrected chi connectivity index (χ0v) is 11.9. The summed E-state index contributed by atoms with van der Waals surface area (Å²) in [5, 5.41) is 3.26. The van der Waals surface area contributed by atoms with Gasteiger partial charge in [0.25, 0.3) is 5.91 Å². The predicted molar refractivity (Wildman–Crippen MR) is 82.6 cm³/mol. The van der Waals surface area contributed by atoms with Gasteiger partial charge in [0.05, 0.1) is 11.4 Å². The molecular weight excluding hydrogens is 280 g/mol. The lowest BCUT2D eigenvalue weighted by Gasteiger charge is -2.13. The molecule has 0 aliphatic rings. The van der Waals surface area contributed by atoms with Crippen LogP contribution in [0.2, 0.25) is 0 Å². The van der Waals surface area contributed by atoms with Crippen molar-refractivity contribution < 1.29 is 9.21 Å². The molecule has 1 aromatic carbocycles. The van der Waals surface area contributed by atoms with Crippen molar-refractivity contribution >= 4 is 16.9 Å². The highest BCUT2D eigenvalue weighted by Gasteiger charge is 2.15. The van der Waals surface area contributed by atoms with Crippen molar-refractivity contribution in [2.24, 2.45) is 0 Å². The van der Waals surface area contributed by atoms with Gasteiger partial charge in [-0.1, -0.05) is 12.1 Å². The fraction of sp³-hybridized carbons (Fsp3) is 0.118. The molecule has 3 rings (SSSR count). The van der Waals surface area contributed by atoms with Crippen LogP contribution in [-0.4, -0.2) is 10.9 Å². The van der Waals surface area contributed by atoms with Crippen molar-refractivity contribution in [2.75, 3.05) is 0 Å². The van der Waals surface area contributed by atoms with Crippen LogP contribution in [0.25, 0.3) is 11.0 Å². The largest absolute Gasteiger partial charge is 0.451 e. The first-order chi connectivity index (χ1) is 10.6. The molecule has 5 heteroatoms. The summed E-state index contributed by atoms with van der Waals surface area (Å²) in [6, 6.07) is 11.5. The number of nitrogens with zero attached hydrogens (tertiary/aromatic N) is 1. The molecule has 0 radical (unpaired) electrons. The Bertz CT molecular complexity index is 872. The lowest BCUT2D eigenvalue weighted by atomic mass is 10.1. The third kappa shape index (κ3) is 2.74. The number of nitrogens with one attached hydrogen (secondary N) is 1. The standard InChI is InChI=1S/C17H14N2O3/c1-11(12-6-8-18-9-7-12)19-17(21)16-10-14(20)13-4-2-3-5-15(13)22-16/h2-11H,1H3,(H,19,21)/t11-/m1/s1. The van der Waals surface area contributed by atoms with Gasteiger partial charge in [-0.15, -0.1) is 0 Å². The summed E-state index contributed by atoms with van der Waals surface area (Å²) in [4.78, 5) is 28.2. The van der Waals surface area contributed by atoms with Gasteiger partial charge in [-0.2, -0.15) is 0 Å². The van der Waals surface area contributed by atoms with Gasteiger partial charge in [-0.3, -0.25) is 14.6 Å². The normalized spacial score (nSPS) is 12.0. The molecule has 2 heterocycles. The lowest BCUT2D eigenvalue weighted by molar-refractivity contribution is 0.0912. The number of hydrogen-bond acceptors (Lipinski definition) is 4. The molecule has 0 fully saturated rings. The van der Waals surface area contributed by atoms with Crippen LogP contribution in [0.3, 0.4) is 0 Å². The molecule has 1 N–H and O–H groups in total. The van der Waals surface area contributed by atoms with Crippen molar-refractivity contribution in [3.8, 4) is 0 Å². The first-order valence-electron chi connectivity index (χ1n) is 6.89. The minimum atomic E-state index is -0.424. The van der Waals surface area contributed by atoms with Crippen molar-refractivity contribution in [1.29, 1.82) is 0 Å². The average Bonchev–Trinajstić information content (AvgIpc) is 2.55. The van der Waals surface area contributed by atoms with E-state index in [1.807, 2.05) is 19.1 Å². The Morgan fingerprint density at radius 3 is 2.68 bits per heavy atom. The molecule has 0 spiro atoms. The van der Waals surface area contributed by atoms with E-state index >= 15 is 0 Å². The van der Waals surface area contributed by atoms with E-state index in [1.54, 1.807) is 36.7 Å². The number of carbonyl (C=O) groups is 1. The average molecular weight is 294 g/mol. The van der Waals surface area contributed by atoms with Crippen LogP contribution >= 0.6 is 0 Å². The molecule has 0 saturated heterocycles. The Balaban J connectivity index is 1.88. The van der Waals surface area contributed by atoms with E-state index in [0.717, 1.165) is 5.56 Å². The van der Waals surface area contributed by atoms with E-state index in [1.165, 1.54) is 6.07 Å². The number of hydrogen-bond donors (Lipinski definition) is 1. The van der Waals surface area contributed by atoms with Crippen LogP contribution in [0.1, 0.15) is 29.1 Å². The fourth-order valence-electron chi connectivity index (χ4n) is 2.22. The maximum absolute atomic E-state index is 12.3. The Kier molecular flexibility index (Phi) is 3.70. The quantitative estimate of drug-likeness (QED) is 0.806. The Morgan fingerprint density at radius 2 is 1.91 bits per heavy atom. The van der Waals surface area contributed by atoms with E-state index in [-0.39, 0.29) is 17.2 Å². The number of amides is 1. The first-order valence-corrected chi connectivity index (χ1v) is 6.89. The number of pyridine rings is 1. The van der Waals surface area contributed by atoms with Crippen LogP contribution in [-0.2, 0) is 0 Å². The third-order valence-corrected chi connectivity index (χ3v) is 3.41. The first kappa shape index (κ1) is 14.0. The molecule has 3 aromatic rings. The van der Waals surface area contributed by atoms with Gasteiger partial charge >= 0.3 is 0 Å². The summed E-state index contributed by atoms with van der Waals surface area (Å²) in [7, 11) is 0. The molecule has 22 heavy (non-hydrogen) atoms. The molecule has 110 valence electrons. The molecule has 2 aromatic heterocycles. The molecule has 0 aliphatic carbocycles. The molecule has 1 amide bonds. The van der Waals surface area contributed by atoms with E-state index in [2.05, 4.69) is 10.3 Å². The second-order valence-electron chi connectivity index (χ2n) is 4.95. The second kappa shape index (κ2) is 5.81. The number of carbonyl (C=O) groups excluding carboxylic acids is 1. The van der Waals surface area contributed by atoms with Gasteiger partial charge in [-0.05, 0) is 36.8 Å². The van der Waals surface area contributed by atoms with Gasteiger partial charge in [0, 0.05) is 18.5 Å². The summed E-state index contributed by atoms with van der Waals surface area (Å²) >= 11 is 0. The van der Waals surface area contributed by atoms with Crippen molar-refractivity contribution in [3.05, 3.63) is 76.4 Å². The second-order valence-corrected chi connectivity index (χ2v) is 4.95. The minimum absolute atomic E-state index is 0.00426. The minimum Gasteiger partial charge on any atom is -0.451 e. The summed E-state index contributed by atoms with van der Waals surface area (Å²) < 4.78 is 5.52. The van der Waals surface area contributed by atoms with Crippen LogP contribution in [0.5, 0.6) is 0 Å². The Labute approximate surface area is 126 Å². The Hall–Kier alpha value is -2.95. The predicted octanol–water partition coefficient (Wildman–Crippen LogP) is 2.68. The Morgan fingerprint density at radius 1 is 1.18 bits per heavy atom. The fourth-order valence-corrected chi connectivity index (χ4v) is 2.22. The summed E-state index contributed by atoms with van der Waals surface area (Å²) in [5.41, 5.74) is 1.09. The topological polar surface area (TPSA) is 72.2 Å². The monoisotopic (exact) mass is 294 g/mol. The van der Waals surface area contributed by atoms with Gasteiger partial charge in [0.15, 0.2) is 11.2 Å². The van der Waals surface area contributed by atoms with Crippen molar-refractivity contribution in [1.82, 2.24) is 10.3 Å². The summed E-state index contributed by atoms with van der Waals surface area (Å²) in [6.07, 6.45) is 3.32. The number of benzene rings is 1. The van der Waals surface area contributed by atoms with Crippen molar-refractivity contribution in [2.45, 2.75) is 13.0 Å². The maximum Gasteiger partial charge on any atom is 0.287 e. The molecule has 1 atom stereocenters. The molecule has 0 aliphatic heterocycles. The van der Waals surface area contributed by atoms with E-state index in [0.29, 0.717) is 11.0 Å². The summed E-state index contributed by atoms with van der Waals surface area (Å²) in [5.74, 6) is -0.420. The van der Waals surface area contributed by atoms with Crippen LogP contribution in [0.4, 0.5) is 0 Å². The number of fused-ring (bicyclic) bond motifs is 1. The van der Waals surface area contributed by atoms with Crippen LogP contribution in [0.15, 0.2) is 64.1 Å². The van der Waals surface area contributed by atoms with E-state index < -0.39 is 5.91 Å². The lowest BCUT2D eigenvalue weighted by Crippen LogP contribution is -2.27. The maximum atomic E-state index is 12.3. The number of aromatic nitrogens is 1. The van der Waals surface area contributed by atoms with Crippen molar-refractivity contribution in [3.63, 3.8) is 0 Å². The molecule has 0 unspecified atom stereocenters. The molecular formula is C17H14N2O3. The molecule has 5 nitrogen and oxygen atoms in total. The molecule has 0 bridgehead atoms. The van der Waals surface area contributed by atoms with Crippen LogP contribution in [0, 0.1) is 0 Å². The zero-order valence-electron chi connectivity index (χ0n) is 11.9. The smallest absolute Gasteiger partial charge is 0.287 e. The van der Waals surface area contributed by atoms with Gasteiger partial charge in [-0.25, -0.2) is 0 Å². The van der Waals surface area contributed by atoms with Gasteiger partial charge < -0.3 is 9.73 Å². The van der Waals surface area contributed by atoms with Gasteiger partial charge in [0.1, 0.15) is 5.58 Å².